The third kappa shape index (κ3) is 9.18. The molecule has 10 nitrogen and oxygen atoms in total. The number of likely N-dealkylation sites (tertiary alicyclic amines) is 1. The first-order chi connectivity index (χ1) is 19.4. The van der Waals surface area contributed by atoms with Crippen molar-refractivity contribution in [2.45, 2.75) is 84.2 Å². The molecule has 41 heavy (non-hydrogen) atoms. The number of benzene rings is 1. The van der Waals surface area contributed by atoms with Crippen LogP contribution in [0.4, 0.5) is 0 Å². The zero-order valence-electron chi connectivity index (χ0n) is 25.3. The molecule has 2 N–H and O–H groups in total. The van der Waals surface area contributed by atoms with E-state index in [1.165, 1.54) is 0 Å². The third-order valence-corrected chi connectivity index (χ3v) is 8.62. The van der Waals surface area contributed by atoms with E-state index in [9.17, 15) is 24.4 Å². The lowest BCUT2D eigenvalue weighted by molar-refractivity contribution is -0.156. The quantitative estimate of drug-likeness (QED) is 0.225. The monoisotopic (exact) mass is 572 g/mol. The van der Waals surface area contributed by atoms with Crippen LogP contribution in [0.15, 0.2) is 24.3 Å². The summed E-state index contributed by atoms with van der Waals surface area (Å²) in [4.78, 5) is 54.8. The lowest BCUT2D eigenvalue weighted by atomic mass is 9.84. The summed E-state index contributed by atoms with van der Waals surface area (Å²) in [5, 5.41) is 13.4. The van der Waals surface area contributed by atoms with Gasteiger partial charge in [0.05, 0.1) is 26.0 Å². The normalized spacial score (nSPS) is 18.0. The molecule has 1 saturated carbocycles. The second-order valence-corrected chi connectivity index (χ2v) is 12.7. The Kier molecular flexibility index (Phi) is 11.6. The highest BCUT2D eigenvalue weighted by molar-refractivity contribution is 5.89. The van der Waals surface area contributed by atoms with Crippen molar-refractivity contribution in [3.8, 4) is 5.75 Å². The number of nitrogens with one attached hydrogen (secondary N) is 1. The van der Waals surface area contributed by atoms with Crippen LogP contribution in [0.1, 0.15) is 71.3 Å². The summed E-state index contributed by atoms with van der Waals surface area (Å²) in [5.74, 6) is 0.0818. The largest absolute Gasteiger partial charge is 0.497 e. The van der Waals surface area contributed by atoms with Gasteiger partial charge in [-0.1, -0.05) is 58.6 Å². The SMILES string of the molecule is COc1ccc(CC(=O)N2CCC(N(C)C(=O)C(NC(=O)C(CC3CCCC3)CN(O)C=O)C(C)(C)C)CC2)cc1. The number of nitrogens with zero attached hydrogens (tertiary/aromatic N) is 3. The van der Waals surface area contributed by atoms with Crippen molar-refractivity contribution in [2.24, 2.45) is 17.3 Å². The lowest BCUT2D eigenvalue weighted by Crippen LogP contribution is -2.58. The van der Waals surface area contributed by atoms with Gasteiger partial charge < -0.3 is 19.9 Å². The maximum absolute atomic E-state index is 13.8. The van der Waals surface area contributed by atoms with E-state index in [0.29, 0.717) is 56.2 Å². The van der Waals surface area contributed by atoms with Crippen LogP contribution < -0.4 is 10.1 Å². The first kappa shape index (κ1) is 32.4. The van der Waals surface area contributed by atoms with Gasteiger partial charge in [0.1, 0.15) is 11.8 Å². The number of ether oxygens (including phenoxy) is 1. The topological polar surface area (TPSA) is 119 Å². The van der Waals surface area contributed by atoms with E-state index >= 15 is 0 Å². The molecule has 1 aliphatic heterocycles. The summed E-state index contributed by atoms with van der Waals surface area (Å²) in [6.07, 6.45) is 6.81. The van der Waals surface area contributed by atoms with Crippen LogP contribution in [0.3, 0.4) is 0 Å². The van der Waals surface area contributed by atoms with Crippen molar-refractivity contribution in [2.75, 3.05) is 33.8 Å². The predicted molar refractivity (Wildman–Crippen MR) is 155 cm³/mol. The summed E-state index contributed by atoms with van der Waals surface area (Å²) >= 11 is 0. The van der Waals surface area contributed by atoms with Crippen LogP contribution in [-0.2, 0) is 25.6 Å². The van der Waals surface area contributed by atoms with Gasteiger partial charge in [-0.05, 0) is 48.3 Å². The van der Waals surface area contributed by atoms with Gasteiger partial charge in [0, 0.05) is 26.2 Å². The molecule has 0 aromatic heterocycles. The van der Waals surface area contributed by atoms with Gasteiger partial charge in [0.25, 0.3) is 0 Å². The molecule has 2 aliphatic rings. The molecule has 0 spiro atoms. The fraction of sp³-hybridized carbons (Fsp3) is 0.677. The summed E-state index contributed by atoms with van der Waals surface area (Å²) in [5.41, 5.74) is 0.370. The number of piperidine rings is 1. The van der Waals surface area contributed by atoms with E-state index in [4.69, 9.17) is 4.74 Å². The minimum absolute atomic E-state index is 0.0495. The van der Waals surface area contributed by atoms with Crippen molar-refractivity contribution in [1.29, 1.82) is 0 Å². The standard InChI is InChI=1S/C31H48N4O6/c1-31(2,3)28(32-29(38)24(20-35(40)21-36)18-22-8-6-7-9-22)30(39)33(4)25-14-16-34(17-15-25)27(37)19-23-10-12-26(41-5)13-11-23/h10-13,21-22,24-25,28,40H,6-9,14-20H2,1-5H3,(H,32,38). The Bertz CT molecular complexity index is 1030. The number of amides is 4. The second kappa shape index (κ2) is 14.7. The van der Waals surface area contributed by atoms with Gasteiger partial charge in [-0.3, -0.25) is 24.4 Å². The van der Waals surface area contributed by atoms with Crippen LogP contribution in [0, 0.1) is 17.3 Å². The number of carbonyl (C=O) groups excluding carboxylic acids is 4. The van der Waals surface area contributed by atoms with Gasteiger partial charge in [-0.2, -0.15) is 0 Å². The van der Waals surface area contributed by atoms with E-state index in [1.807, 2.05) is 49.9 Å². The molecule has 4 amide bonds. The molecule has 0 bridgehead atoms. The van der Waals surface area contributed by atoms with Gasteiger partial charge in [0.2, 0.25) is 24.1 Å². The molecule has 1 heterocycles. The first-order valence-electron chi connectivity index (χ1n) is 14.8. The van der Waals surface area contributed by atoms with Crippen LogP contribution in [-0.4, -0.2) is 90.1 Å². The highest BCUT2D eigenvalue weighted by atomic mass is 16.5. The Labute approximate surface area is 244 Å². The van der Waals surface area contributed by atoms with Gasteiger partial charge in [-0.25, -0.2) is 5.06 Å². The summed E-state index contributed by atoms with van der Waals surface area (Å²) in [6.45, 7) is 6.77. The average molecular weight is 573 g/mol. The van der Waals surface area contributed by atoms with Crippen molar-refractivity contribution >= 4 is 24.1 Å². The smallest absolute Gasteiger partial charge is 0.245 e. The Hall–Kier alpha value is -3.14. The van der Waals surface area contributed by atoms with Crippen molar-refractivity contribution in [1.82, 2.24) is 20.2 Å². The first-order valence-corrected chi connectivity index (χ1v) is 14.8. The fourth-order valence-corrected chi connectivity index (χ4v) is 6.01. The summed E-state index contributed by atoms with van der Waals surface area (Å²) in [6, 6.07) is 6.66. The second-order valence-electron chi connectivity index (χ2n) is 12.7. The van der Waals surface area contributed by atoms with Gasteiger partial charge in [0.15, 0.2) is 0 Å². The molecule has 1 aliphatic carbocycles. The fourth-order valence-electron chi connectivity index (χ4n) is 6.01. The van der Waals surface area contributed by atoms with Gasteiger partial charge >= 0.3 is 0 Å². The van der Waals surface area contributed by atoms with Crippen LogP contribution in [0.5, 0.6) is 5.75 Å². The molecule has 228 valence electrons. The maximum atomic E-state index is 13.8. The number of carbonyl (C=O) groups is 4. The summed E-state index contributed by atoms with van der Waals surface area (Å²) < 4.78 is 5.19. The van der Waals surface area contributed by atoms with E-state index in [0.717, 1.165) is 37.0 Å². The molecule has 10 heteroatoms. The molecule has 1 saturated heterocycles. The molecule has 1 aromatic carbocycles. The molecule has 2 atom stereocenters. The van der Waals surface area contributed by atoms with Crippen LogP contribution in [0.2, 0.25) is 0 Å². The van der Waals surface area contributed by atoms with Crippen molar-refractivity contribution in [3.63, 3.8) is 0 Å². The predicted octanol–water partition coefficient (Wildman–Crippen LogP) is 3.26. The molecule has 0 radical (unpaired) electrons. The maximum Gasteiger partial charge on any atom is 0.245 e. The van der Waals surface area contributed by atoms with Gasteiger partial charge in [-0.15, -0.1) is 0 Å². The zero-order valence-corrected chi connectivity index (χ0v) is 25.3. The highest BCUT2D eigenvalue weighted by Gasteiger charge is 2.39. The zero-order chi connectivity index (χ0) is 30.2. The minimum Gasteiger partial charge on any atom is -0.497 e. The Morgan fingerprint density at radius 3 is 2.24 bits per heavy atom. The molecule has 2 unspecified atom stereocenters. The lowest BCUT2D eigenvalue weighted by Gasteiger charge is -2.40. The molecule has 1 aromatic rings. The molecule has 3 rings (SSSR count). The van der Waals surface area contributed by atoms with E-state index in [1.54, 1.807) is 19.1 Å². The van der Waals surface area contributed by atoms with Crippen LogP contribution >= 0.6 is 0 Å². The number of rotatable bonds is 12. The average Bonchev–Trinajstić information content (AvgIpc) is 3.47. The van der Waals surface area contributed by atoms with Crippen molar-refractivity contribution < 1.29 is 29.1 Å². The third-order valence-electron chi connectivity index (χ3n) is 8.62. The number of methoxy groups -OCH3 is 1. The Morgan fingerprint density at radius 2 is 1.71 bits per heavy atom. The molecular weight excluding hydrogens is 524 g/mol. The number of hydrogen-bond acceptors (Lipinski definition) is 6. The number of hydroxylamine groups is 2. The van der Waals surface area contributed by atoms with E-state index in [2.05, 4.69) is 5.32 Å². The Morgan fingerprint density at radius 1 is 1.10 bits per heavy atom. The Balaban J connectivity index is 1.60. The van der Waals surface area contributed by atoms with E-state index in [-0.39, 0.29) is 30.3 Å². The molecule has 2 fully saturated rings. The number of likely N-dealkylation sites (N-methyl/N-ethyl adjacent to an activating group) is 1. The van der Waals surface area contributed by atoms with Crippen molar-refractivity contribution in [3.05, 3.63) is 29.8 Å². The summed E-state index contributed by atoms with van der Waals surface area (Å²) in [7, 11) is 3.38. The van der Waals surface area contributed by atoms with Crippen LogP contribution in [0.25, 0.3) is 0 Å². The molecular formula is C31H48N4O6. The van der Waals surface area contributed by atoms with E-state index < -0.39 is 17.4 Å². The highest BCUT2D eigenvalue weighted by Crippen LogP contribution is 2.31. The minimum atomic E-state index is -0.774. The number of hydrogen-bond donors (Lipinski definition) is 2.